The molecule has 1 aromatic carbocycles. The summed E-state index contributed by atoms with van der Waals surface area (Å²) in [5, 5.41) is 0. The van der Waals surface area contributed by atoms with Crippen molar-refractivity contribution in [2.45, 2.75) is 25.8 Å². The number of carbonyl (C=O) groups is 1. The van der Waals surface area contributed by atoms with Gasteiger partial charge in [0.05, 0.1) is 17.3 Å². The summed E-state index contributed by atoms with van der Waals surface area (Å²) in [5.41, 5.74) is 2.26. The summed E-state index contributed by atoms with van der Waals surface area (Å²) in [4.78, 5) is 19.0. The molecule has 0 radical (unpaired) electrons. The van der Waals surface area contributed by atoms with Crippen molar-refractivity contribution >= 4 is 17.3 Å². The third-order valence-corrected chi connectivity index (χ3v) is 3.46. The van der Waals surface area contributed by atoms with Gasteiger partial charge in [0.25, 0.3) is 5.91 Å². The Balaban J connectivity index is 2.18. The molecule has 0 N–H and O–H groups in total. The zero-order valence-corrected chi connectivity index (χ0v) is 10.3. The molecular weight excluding hydrogens is 224 g/mol. The van der Waals surface area contributed by atoms with Gasteiger partial charge in [0.1, 0.15) is 5.71 Å². The van der Waals surface area contributed by atoms with E-state index in [9.17, 15) is 4.79 Å². The number of para-hydroxylation sites is 1. The summed E-state index contributed by atoms with van der Waals surface area (Å²) < 4.78 is 0. The molecule has 1 atom stereocenters. The molecule has 0 aliphatic carbocycles. The van der Waals surface area contributed by atoms with Gasteiger partial charge in [0.2, 0.25) is 0 Å². The summed E-state index contributed by atoms with van der Waals surface area (Å²) in [6.45, 7) is 2.61. The summed E-state index contributed by atoms with van der Waals surface area (Å²) in [5.74, 6) is 6.06. The molecule has 3 rings (SSSR count). The number of rotatable bonds is 0. The molecule has 1 amide bonds. The maximum atomic E-state index is 12.5. The molecule has 2 aliphatic rings. The molecular formula is C15H14N2O. The smallest absolute Gasteiger partial charge is 0.256 e. The first kappa shape index (κ1) is 11.0. The predicted molar refractivity (Wildman–Crippen MR) is 71.0 cm³/mol. The van der Waals surface area contributed by atoms with Crippen LogP contribution in [-0.4, -0.2) is 29.1 Å². The van der Waals surface area contributed by atoms with E-state index in [1.165, 1.54) is 0 Å². The first-order valence-electron chi connectivity index (χ1n) is 6.22. The average molecular weight is 238 g/mol. The minimum Gasteiger partial charge on any atom is -0.329 e. The molecule has 1 unspecified atom stereocenters. The van der Waals surface area contributed by atoms with Crippen LogP contribution >= 0.6 is 0 Å². The lowest BCUT2D eigenvalue weighted by atomic mass is 10.1. The summed E-state index contributed by atoms with van der Waals surface area (Å²) in [6, 6.07) is 7.58. The highest BCUT2D eigenvalue weighted by molar-refractivity contribution is 6.12. The third kappa shape index (κ3) is 1.62. The Morgan fingerprint density at radius 2 is 2.22 bits per heavy atom. The minimum atomic E-state index is 0.0670. The van der Waals surface area contributed by atoms with E-state index >= 15 is 0 Å². The van der Waals surface area contributed by atoms with E-state index < -0.39 is 0 Å². The van der Waals surface area contributed by atoms with E-state index in [2.05, 4.69) is 16.8 Å². The van der Waals surface area contributed by atoms with E-state index in [1.807, 2.05) is 29.2 Å². The Labute approximate surface area is 107 Å². The number of aliphatic imine (C=N–C) groups is 1. The van der Waals surface area contributed by atoms with Crippen molar-refractivity contribution in [1.29, 1.82) is 0 Å². The molecule has 0 bridgehead atoms. The number of hydrogen-bond acceptors (Lipinski definition) is 2. The van der Waals surface area contributed by atoms with Crippen LogP contribution in [0.15, 0.2) is 29.3 Å². The molecule has 2 heterocycles. The highest BCUT2D eigenvalue weighted by Crippen LogP contribution is 2.30. The lowest BCUT2D eigenvalue weighted by Gasteiger charge is -2.21. The molecule has 18 heavy (non-hydrogen) atoms. The molecule has 2 aliphatic heterocycles. The van der Waals surface area contributed by atoms with Gasteiger partial charge >= 0.3 is 0 Å². The molecule has 1 aromatic rings. The van der Waals surface area contributed by atoms with Crippen LogP contribution in [0.5, 0.6) is 0 Å². The third-order valence-electron chi connectivity index (χ3n) is 3.46. The van der Waals surface area contributed by atoms with Crippen molar-refractivity contribution in [3.63, 3.8) is 0 Å². The number of hydrogen-bond donors (Lipinski definition) is 0. The van der Waals surface area contributed by atoms with Crippen LogP contribution in [0, 0.1) is 11.8 Å². The largest absolute Gasteiger partial charge is 0.329 e. The van der Waals surface area contributed by atoms with Crippen LogP contribution in [0.2, 0.25) is 0 Å². The van der Waals surface area contributed by atoms with Crippen LogP contribution in [0.3, 0.4) is 0 Å². The second-order valence-corrected chi connectivity index (χ2v) is 4.55. The second kappa shape index (κ2) is 4.30. The Hall–Kier alpha value is -2.08. The van der Waals surface area contributed by atoms with Crippen LogP contribution < -0.4 is 0 Å². The van der Waals surface area contributed by atoms with Crippen molar-refractivity contribution in [3.8, 4) is 11.8 Å². The average Bonchev–Trinajstić information content (AvgIpc) is 2.83. The first-order valence-corrected chi connectivity index (χ1v) is 6.22. The molecule has 3 nitrogen and oxygen atoms in total. The van der Waals surface area contributed by atoms with Gasteiger partial charge in [0, 0.05) is 6.54 Å². The lowest BCUT2D eigenvalue weighted by molar-refractivity contribution is 0.0773. The van der Waals surface area contributed by atoms with Crippen molar-refractivity contribution < 1.29 is 4.79 Å². The lowest BCUT2D eigenvalue weighted by Crippen LogP contribution is -2.38. The van der Waals surface area contributed by atoms with Gasteiger partial charge in [-0.15, -0.1) is 0 Å². The molecule has 0 aromatic heterocycles. The minimum absolute atomic E-state index is 0.0670. The predicted octanol–water partition coefficient (Wildman–Crippen LogP) is 2.40. The summed E-state index contributed by atoms with van der Waals surface area (Å²) >= 11 is 0. The van der Waals surface area contributed by atoms with Crippen LogP contribution in [0.4, 0.5) is 5.69 Å². The highest BCUT2D eigenvalue weighted by Gasteiger charge is 2.35. The fraction of sp³-hybridized carbons (Fsp3) is 0.333. The van der Waals surface area contributed by atoms with Gasteiger partial charge in [-0.25, -0.2) is 4.99 Å². The Morgan fingerprint density at radius 1 is 1.39 bits per heavy atom. The first-order chi connectivity index (χ1) is 8.81. The molecule has 0 spiro atoms. The molecule has 1 fully saturated rings. The number of fused-ring (bicyclic) bond motifs is 2. The Bertz CT molecular complexity index is 592. The van der Waals surface area contributed by atoms with E-state index in [4.69, 9.17) is 0 Å². The van der Waals surface area contributed by atoms with Gasteiger partial charge in [-0.05, 0) is 37.8 Å². The van der Waals surface area contributed by atoms with Gasteiger partial charge in [-0.1, -0.05) is 18.1 Å². The zero-order chi connectivity index (χ0) is 12.5. The van der Waals surface area contributed by atoms with E-state index in [0.717, 1.165) is 30.8 Å². The van der Waals surface area contributed by atoms with Crippen molar-refractivity contribution in [2.24, 2.45) is 4.99 Å². The topological polar surface area (TPSA) is 32.7 Å². The fourth-order valence-corrected chi connectivity index (χ4v) is 2.64. The number of benzene rings is 1. The van der Waals surface area contributed by atoms with Crippen molar-refractivity contribution in [3.05, 3.63) is 29.8 Å². The standard InChI is InChI=1S/C15H14N2O/c1-2-6-13-14-9-5-10-17(14)15(18)11-7-3-4-8-12(11)16-13/h3-4,7-8,14H,5,9-10H2,1H3. The fourth-order valence-electron chi connectivity index (χ4n) is 2.64. The van der Waals surface area contributed by atoms with Crippen LogP contribution in [0.1, 0.15) is 30.1 Å². The van der Waals surface area contributed by atoms with E-state index in [1.54, 1.807) is 6.92 Å². The van der Waals surface area contributed by atoms with Gasteiger partial charge in [-0.3, -0.25) is 4.79 Å². The SMILES string of the molecule is CC#CC1=Nc2ccccc2C(=O)N2CCCC12. The van der Waals surface area contributed by atoms with E-state index in [0.29, 0.717) is 5.56 Å². The van der Waals surface area contributed by atoms with Crippen LogP contribution in [0.25, 0.3) is 0 Å². The van der Waals surface area contributed by atoms with Crippen LogP contribution in [-0.2, 0) is 0 Å². The monoisotopic (exact) mass is 238 g/mol. The maximum absolute atomic E-state index is 12.5. The molecule has 3 heteroatoms. The number of amides is 1. The summed E-state index contributed by atoms with van der Waals surface area (Å²) in [6.07, 6.45) is 2.00. The number of nitrogens with zero attached hydrogens (tertiary/aromatic N) is 2. The van der Waals surface area contributed by atoms with Gasteiger partial charge in [0.15, 0.2) is 0 Å². The quantitative estimate of drug-likeness (QED) is 0.639. The van der Waals surface area contributed by atoms with Crippen molar-refractivity contribution in [1.82, 2.24) is 4.90 Å². The summed E-state index contributed by atoms with van der Waals surface area (Å²) in [7, 11) is 0. The Morgan fingerprint density at radius 3 is 3.06 bits per heavy atom. The van der Waals surface area contributed by atoms with Gasteiger partial charge < -0.3 is 4.90 Å². The zero-order valence-electron chi connectivity index (χ0n) is 10.3. The molecule has 90 valence electrons. The molecule has 0 saturated carbocycles. The van der Waals surface area contributed by atoms with Gasteiger partial charge in [-0.2, -0.15) is 0 Å². The van der Waals surface area contributed by atoms with Crippen molar-refractivity contribution in [2.75, 3.05) is 6.54 Å². The normalized spacial score (nSPS) is 21.4. The molecule has 1 saturated heterocycles. The maximum Gasteiger partial charge on any atom is 0.256 e. The number of carbonyl (C=O) groups excluding carboxylic acids is 1. The van der Waals surface area contributed by atoms with E-state index in [-0.39, 0.29) is 11.9 Å². The highest BCUT2D eigenvalue weighted by atomic mass is 16.2. The second-order valence-electron chi connectivity index (χ2n) is 4.55. The Kier molecular flexibility index (Phi) is 2.64.